The summed E-state index contributed by atoms with van der Waals surface area (Å²) in [6.07, 6.45) is 4.15. The van der Waals surface area contributed by atoms with Crippen LogP contribution in [-0.4, -0.2) is 33.8 Å². The minimum Gasteiger partial charge on any atom is -0.340 e. The molecule has 0 bridgehead atoms. The molecule has 2 amide bonds. The molecule has 1 aliphatic heterocycles. The minimum absolute atomic E-state index is 0.000625. The fourth-order valence-electron chi connectivity index (χ4n) is 3.44. The molecule has 0 spiro atoms. The van der Waals surface area contributed by atoms with Gasteiger partial charge in [-0.3, -0.25) is 9.59 Å². The average molecular weight is 266 g/mol. The highest BCUT2D eigenvalue weighted by Crippen LogP contribution is 2.44. The van der Waals surface area contributed by atoms with Gasteiger partial charge in [-0.1, -0.05) is 20.8 Å². The number of amides is 2. The molecule has 4 heteroatoms. The van der Waals surface area contributed by atoms with Crippen molar-refractivity contribution in [2.24, 2.45) is 5.92 Å². The highest BCUT2D eigenvalue weighted by Gasteiger charge is 2.55. The predicted molar refractivity (Wildman–Crippen MR) is 74.6 cm³/mol. The summed E-state index contributed by atoms with van der Waals surface area (Å²) in [5.74, 6) is 0.218. The molecule has 108 valence electrons. The number of rotatable bonds is 3. The number of hydrogen-bond donors (Lipinski definition) is 1. The number of carbonyl (C=O) groups excluding carboxylic acids is 2. The SMILES string of the molecule is CCC1(N2C(=O)C(C)(C)NC(=O)C2C(C)C)CCC1. The molecule has 2 fully saturated rings. The second-order valence-electron chi connectivity index (χ2n) is 6.91. The van der Waals surface area contributed by atoms with E-state index >= 15 is 0 Å². The van der Waals surface area contributed by atoms with Gasteiger partial charge in [0.05, 0.1) is 0 Å². The van der Waals surface area contributed by atoms with Gasteiger partial charge in [-0.2, -0.15) is 0 Å². The van der Waals surface area contributed by atoms with Crippen LogP contribution >= 0.6 is 0 Å². The predicted octanol–water partition coefficient (Wildman–Crippen LogP) is 2.08. The second-order valence-corrected chi connectivity index (χ2v) is 6.91. The largest absolute Gasteiger partial charge is 0.340 e. The first-order valence-corrected chi connectivity index (χ1v) is 7.41. The molecule has 1 unspecified atom stereocenters. The normalized spacial score (nSPS) is 29.2. The van der Waals surface area contributed by atoms with E-state index < -0.39 is 5.54 Å². The van der Waals surface area contributed by atoms with Crippen LogP contribution in [-0.2, 0) is 9.59 Å². The number of carbonyl (C=O) groups is 2. The smallest absolute Gasteiger partial charge is 0.248 e. The lowest BCUT2D eigenvalue weighted by Gasteiger charge is -2.57. The van der Waals surface area contributed by atoms with E-state index in [1.165, 1.54) is 0 Å². The molecular weight excluding hydrogens is 240 g/mol. The zero-order valence-corrected chi connectivity index (χ0v) is 12.7. The van der Waals surface area contributed by atoms with Gasteiger partial charge in [0, 0.05) is 5.54 Å². The molecule has 1 N–H and O–H groups in total. The van der Waals surface area contributed by atoms with Gasteiger partial charge in [0.25, 0.3) is 0 Å². The van der Waals surface area contributed by atoms with Crippen molar-refractivity contribution in [1.29, 1.82) is 0 Å². The zero-order valence-electron chi connectivity index (χ0n) is 12.7. The minimum atomic E-state index is -0.778. The molecule has 1 atom stereocenters. The molecule has 1 saturated heterocycles. The summed E-state index contributed by atoms with van der Waals surface area (Å²) in [6.45, 7) is 9.77. The Balaban J connectivity index is 2.43. The van der Waals surface area contributed by atoms with Crippen LogP contribution in [0.4, 0.5) is 0 Å². The van der Waals surface area contributed by atoms with Gasteiger partial charge >= 0.3 is 0 Å². The van der Waals surface area contributed by atoms with Crippen molar-refractivity contribution in [3.05, 3.63) is 0 Å². The molecule has 2 rings (SSSR count). The third-order valence-corrected chi connectivity index (χ3v) is 4.82. The van der Waals surface area contributed by atoms with E-state index in [1.807, 2.05) is 18.7 Å². The number of hydrogen-bond acceptors (Lipinski definition) is 2. The van der Waals surface area contributed by atoms with E-state index in [-0.39, 0.29) is 29.3 Å². The number of nitrogens with zero attached hydrogens (tertiary/aromatic N) is 1. The van der Waals surface area contributed by atoms with Crippen molar-refractivity contribution in [2.75, 3.05) is 0 Å². The first-order chi connectivity index (χ1) is 8.75. The molecule has 4 nitrogen and oxygen atoms in total. The van der Waals surface area contributed by atoms with Gasteiger partial charge in [0.1, 0.15) is 11.6 Å². The lowest BCUT2D eigenvalue weighted by Crippen LogP contribution is -2.75. The van der Waals surface area contributed by atoms with Crippen molar-refractivity contribution >= 4 is 11.8 Å². The Labute approximate surface area is 115 Å². The fraction of sp³-hybridized carbons (Fsp3) is 0.867. The van der Waals surface area contributed by atoms with Crippen molar-refractivity contribution in [3.63, 3.8) is 0 Å². The lowest BCUT2D eigenvalue weighted by atomic mass is 9.70. The second kappa shape index (κ2) is 4.50. The monoisotopic (exact) mass is 266 g/mol. The van der Waals surface area contributed by atoms with Crippen LogP contribution < -0.4 is 5.32 Å². The quantitative estimate of drug-likeness (QED) is 0.850. The summed E-state index contributed by atoms with van der Waals surface area (Å²) in [5.41, 5.74) is -0.860. The number of piperazine rings is 1. The Bertz CT molecular complexity index is 391. The van der Waals surface area contributed by atoms with Crippen LogP contribution in [0, 0.1) is 5.92 Å². The Morgan fingerprint density at radius 2 is 1.89 bits per heavy atom. The summed E-state index contributed by atoms with van der Waals surface area (Å²) in [4.78, 5) is 27.2. The van der Waals surface area contributed by atoms with Crippen LogP contribution in [0.15, 0.2) is 0 Å². The van der Waals surface area contributed by atoms with E-state index in [1.54, 1.807) is 13.8 Å². The highest BCUT2D eigenvalue weighted by molar-refractivity contribution is 6.00. The van der Waals surface area contributed by atoms with Crippen LogP contribution in [0.1, 0.15) is 60.3 Å². The van der Waals surface area contributed by atoms with Crippen LogP contribution in [0.2, 0.25) is 0 Å². The summed E-state index contributed by atoms with van der Waals surface area (Å²) in [7, 11) is 0. The van der Waals surface area contributed by atoms with Crippen molar-refractivity contribution in [3.8, 4) is 0 Å². The van der Waals surface area contributed by atoms with Crippen LogP contribution in [0.25, 0.3) is 0 Å². The Morgan fingerprint density at radius 3 is 2.26 bits per heavy atom. The van der Waals surface area contributed by atoms with Crippen molar-refractivity contribution < 1.29 is 9.59 Å². The van der Waals surface area contributed by atoms with Gasteiger partial charge in [-0.15, -0.1) is 0 Å². The maximum Gasteiger partial charge on any atom is 0.248 e. The van der Waals surface area contributed by atoms with E-state index in [0.717, 1.165) is 25.7 Å². The molecular formula is C15H26N2O2. The van der Waals surface area contributed by atoms with E-state index in [0.29, 0.717) is 0 Å². The van der Waals surface area contributed by atoms with E-state index in [2.05, 4.69) is 12.2 Å². The van der Waals surface area contributed by atoms with Crippen LogP contribution in [0.3, 0.4) is 0 Å². The summed E-state index contributed by atoms with van der Waals surface area (Å²) < 4.78 is 0. The van der Waals surface area contributed by atoms with Gasteiger partial charge < -0.3 is 10.2 Å². The Hall–Kier alpha value is -1.06. The average Bonchev–Trinajstić information content (AvgIpc) is 2.22. The van der Waals surface area contributed by atoms with E-state index in [4.69, 9.17) is 0 Å². The van der Waals surface area contributed by atoms with Gasteiger partial charge in [0.2, 0.25) is 11.8 Å². The molecule has 19 heavy (non-hydrogen) atoms. The first kappa shape index (κ1) is 14.4. The third-order valence-electron chi connectivity index (χ3n) is 4.82. The lowest BCUT2D eigenvalue weighted by molar-refractivity contribution is -0.169. The number of nitrogens with one attached hydrogen (secondary N) is 1. The van der Waals surface area contributed by atoms with Gasteiger partial charge in [0.15, 0.2) is 0 Å². The molecule has 0 aromatic heterocycles. The van der Waals surface area contributed by atoms with Gasteiger partial charge in [-0.05, 0) is 45.4 Å². The summed E-state index contributed by atoms with van der Waals surface area (Å²) in [5, 5.41) is 2.88. The zero-order chi connectivity index (χ0) is 14.4. The highest BCUT2D eigenvalue weighted by atomic mass is 16.2. The van der Waals surface area contributed by atoms with Crippen LogP contribution in [0.5, 0.6) is 0 Å². The van der Waals surface area contributed by atoms with Gasteiger partial charge in [-0.25, -0.2) is 0 Å². The topological polar surface area (TPSA) is 49.4 Å². The van der Waals surface area contributed by atoms with Crippen molar-refractivity contribution in [2.45, 2.75) is 77.4 Å². The molecule has 0 aromatic carbocycles. The standard InChI is InChI=1S/C15H26N2O2/c1-6-15(8-7-9-15)17-11(10(2)3)12(18)16-14(4,5)13(17)19/h10-11H,6-9H2,1-5H3,(H,16,18). The molecule has 2 aliphatic rings. The first-order valence-electron chi connectivity index (χ1n) is 7.41. The molecule has 1 saturated carbocycles. The van der Waals surface area contributed by atoms with Crippen molar-refractivity contribution in [1.82, 2.24) is 10.2 Å². The summed E-state index contributed by atoms with van der Waals surface area (Å²) in [6, 6.07) is -0.319. The summed E-state index contributed by atoms with van der Waals surface area (Å²) >= 11 is 0. The Morgan fingerprint density at radius 1 is 1.32 bits per heavy atom. The Kier molecular flexibility index (Phi) is 3.40. The maximum atomic E-state index is 12.8. The molecule has 1 aliphatic carbocycles. The maximum absolute atomic E-state index is 12.8. The third kappa shape index (κ3) is 2.05. The molecule has 1 heterocycles. The molecule has 0 aromatic rings. The fourth-order valence-corrected chi connectivity index (χ4v) is 3.44. The van der Waals surface area contributed by atoms with E-state index in [9.17, 15) is 9.59 Å². The molecule has 0 radical (unpaired) electrons.